The summed E-state index contributed by atoms with van der Waals surface area (Å²) in [6, 6.07) is 0. The lowest BCUT2D eigenvalue weighted by Gasteiger charge is -2.24. The van der Waals surface area contributed by atoms with Crippen LogP contribution < -0.4 is 5.73 Å². The van der Waals surface area contributed by atoms with Gasteiger partial charge in [0, 0.05) is 13.1 Å². The third-order valence-electron chi connectivity index (χ3n) is 1.80. The zero-order valence-electron chi connectivity index (χ0n) is 6.02. The third-order valence-corrected chi connectivity index (χ3v) is 2.22. The Morgan fingerprint density at radius 1 is 1.55 bits per heavy atom. The lowest BCUT2D eigenvalue weighted by atomic mass is 10.4. The predicted molar refractivity (Wildman–Crippen MR) is 39.7 cm³/mol. The number of amides is 1. The van der Waals surface area contributed by atoms with Crippen LogP contribution in [0.5, 0.6) is 0 Å². The average Bonchev–Trinajstić information content (AvgIpc) is 2.37. The molecule has 1 aliphatic rings. The Morgan fingerprint density at radius 3 is 2.36 bits per heavy atom. The molecule has 0 radical (unpaired) electrons. The molecule has 1 rings (SSSR count). The largest absolute Gasteiger partial charge is 0.364 e. The SMILES string of the molecule is NC(=O)C(F)(Cl)N1CCCC1. The van der Waals surface area contributed by atoms with E-state index in [-0.39, 0.29) is 0 Å². The quantitative estimate of drug-likeness (QED) is 0.495. The number of halogens is 2. The summed E-state index contributed by atoms with van der Waals surface area (Å²) in [5, 5.41) is -2.48. The topological polar surface area (TPSA) is 46.3 Å². The van der Waals surface area contributed by atoms with Crippen LogP contribution in [0.4, 0.5) is 4.39 Å². The first kappa shape index (κ1) is 8.74. The number of likely N-dealkylation sites (tertiary alicyclic amines) is 1. The highest BCUT2D eigenvalue weighted by molar-refractivity contribution is 6.32. The number of rotatable bonds is 2. The van der Waals surface area contributed by atoms with E-state index in [4.69, 9.17) is 17.3 Å². The second-order valence-corrected chi connectivity index (χ2v) is 3.10. The van der Waals surface area contributed by atoms with Gasteiger partial charge in [-0.05, 0) is 12.8 Å². The molecule has 1 aliphatic heterocycles. The molecular formula is C6H10ClFN2O. The first-order valence-corrected chi connectivity index (χ1v) is 3.85. The molecule has 11 heavy (non-hydrogen) atoms. The van der Waals surface area contributed by atoms with E-state index < -0.39 is 11.2 Å². The summed E-state index contributed by atoms with van der Waals surface area (Å²) in [5.41, 5.74) is 4.76. The number of hydrogen-bond acceptors (Lipinski definition) is 2. The van der Waals surface area contributed by atoms with Gasteiger partial charge in [-0.25, -0.2) is 0 Å². The molecule has 0 aromatic rings. The van der Waals surface area contributed by atoms with Gasteiger partial charge in [-0.15, -0.1) is 0 Å². The van der Waals surface area contributed by atoms with Crippen molar-refractivity contribution < 1.29 is 9.18 Å². The molecule has 0 aliphatic carbocycles. The Balaban J connectivity index is 2.62. The van der Waals surface area contributed by atoms with Gasteiger partial charge < -0.3 is 5.73 Å². The Bertz CT molecular complexity index is 168. The first-order chi connectivity index (χ1) is 5.05. The fourth-order valence-electron chi connectivity index (χ4n) is 1.15. The van der Waals surface area contributed by atoms with Crippen molar-refractivity contribution in [3.63, 3.8) is 0 Å². The second-order valence-electron chi connectivity index (χ2n) is 2.60. The van der Waals surface area contributed by atoms with Crippen LogP contribution in [0.25, 0.3) is 0 Å². The highest BCUT2D eigenvalue weighted by Crippen LogP contribution is 2.26. The monoisotopic (exact) mass is 180 g/mol. The van der Waals surface area contributed by atoms with E-state index in [1.807, 2.05) is 0 Å². The second kappa shape index (κ2) is 2.95. The molecule has 0 aromatic heterocycles. The standard InChI is InChI=1S/C6H10ClFN2O/c7-6(8,5(9)11)10-3-1-2-4-10/h1-4H2,(H2,9,11). The zero-order chi connectivity index (χ0) is 8.48. The van der Waals surface area contributed by atoms with E-state index in [2.05, 4.69) is 0 Å². The maximum atomic E-state index is 13.1. The summed E-state index contributed by atoms with van der Waals surface area (Å²) >= 11 is 5.26. The molecule has 1 atom stereocenters. The number of primary amides is 1. The molecule has 1 saturated heterocycles. The maximum Gasteiger partial charge on any atom is 0.317 e. The van der Waals surface area contributed by atoms with Gasteiger partial charge in [-0.2, -0.15) is 4.39 Å². The van der Waals surface area contributed by atoms with Gasteiger partial charge in [0.05, 0.1) is 0 Å². The molecule has 5 heteroatoms. The smallest absolute Gasteiger partial charge is 0.317 e. The average molecular weight is 181 g/mol. The summed E-state index contributed by atoms with van der Waals surface area (Å²) < 4.78 is 13.1. The molecule has 0 spiro atoms. The third kappa shape index (κ3) is 1.62. The normalized spacial score (nSPS) is 24.9. The van der Waals surface area contributed by atoms with E-state index in [9.17, 15) is 9.18 Å². The number of carbonyl (C=O) groups is 1. The Labute approximate surface area is 69.3 Å². The summed E-state index contributed by atoms with van der Waals surface area (Å²) in [6.07, 6.45) is 1.73. The van der Waals surface area contributed by atoms with E-state index in [0.29, 0.717) is 13.1 Å². The molecule has 64 valence electrons. The molecule has 1 unspecified atom stereocenters. The van der Waals surface area contributed by atoms with Crippen molar-refractivity contribution in [3.8, 4) is 0 Å². The number of alkyl halides is 2. The van der Waals surface area contributed by atoms with Gasteiger partial charge in [0.1, 0.15) is 0 Å². The molecule has 0 bridgehead atoms. The number of nitrogens with zero attached hydrogens (tertiary/aromatic N) is 1. The summed E-state index contributed by atoms with van der Waals surface area (Å²) in [4.78, 5) is 11.7. The van der Waals surface area contributed by atoms with Crippen LogP contribution in [-0.2, 0) is 4.79 Å². The molecule has 3 nitrogen and oxygen atoms in total. The van der Waals surface area contributed by atoms with Gasteiger partial charge in [0.25, 0.3) is 5.91 Å². The van der Waals surface area contributed by atoms with Crippen molar-refractivity contribution >= 4 is 17.5 Å². The van der Waals surface area contributed by atoms with E-state index in [0.717, 1.165) is 12.8 Å². The van der Waals surface area contributed by atoms with Gasteiger partial charge in [-0.1, -0.05) is 11.6 Å². The molecule has 0 aromatic carbocycles. The predicted octanol–water partition coefficient (Wildman–Crippen LogP) is 0.430. The summed E-state index contributed by atoms with van der Waals surface area (Å²) in [6.45, 7) is 1.01. The Morgan fingerprint density at radius 2 is 2.00 bits per heavy atom. The zero-order valence-corrected chi connectivity index (χ0v) is 6.77. The van der Waals surface area contributed by atoms with Gasteiger partial charge in [0.15, 0.2) is 0 Å². The molecule has 1 fully saturated rings. The summed E-state index contributed by atoms with van der Waals surface area (Å²) in [5.74, 6) is -1.12. The number of nitrogens with two attached hydrogens (primary N) is 1. The maximum absolute atomic E-state index is 13.1. The highest BCUT2D eigenvalue weighted by atomic mass is 35.5. The fraction of sp³-hybridized carbons (Fsp3) is 0.833. The van der Waals surface area contributed by atoms with Crippen LogP contribution in [-0.4, -0.2) is 29.1 Å². The minimum atomic E-state index is -2.48. The summed E-state index contributed by atoms with van der Waals surface area (Å²) in [7, 11) is 0. The lowest BCUT2D eigenvalue weighted by Crippen LogP contribution is -2.48. The lowest BCUT2D eigenvalue weighted by molar-refractivity contribution is -0.132. The van der Waals surface area contributed by atoms with Crippen LogP contribution in [0.2, 0.25) is 0 Å². The van der Waals surface area contributed by atoms with Crippen molar-refractivity contribution in [2.24, 2.45) is 5.73 Å². The van der Waals surface area contributed by atoms with Crippen LogP contribution in [0.15, 0.2) is 0 Å². The molecule has 2 N–H and O–H groups in total. The minimum absolute atomic E-state index is 0.503. The molecule has 0 saturated carbocycles. The van der Waals surface area contributed by atoms with Gasteiger partial charge in [-0.3, -0.25) is 9.69 Å². The van der Waals surface area contributed by atoms with E-state index in [1.165, 1.54) is 4.90 Å². The van der Waals surface area contributed by atoms with E-state index in [1.54, 1.807) is 0 Å². The van der Waals surface area contributed by atoms with Crippen molar-refractivity contribution in [2.45, 2.75) is 18.1 Å². The Hall–Kier alpha value is -0.350. The van der Waals surface area contributed by atoms with Crippen molar-refractivity contribution in [3.05, 3.63) is 0 Å². The van der Waals surface area contributed by atoms with Gasteiger partial charge >= 0.3 is 5.25 Å². The first-order valence-electron chi connectivity index (χ1n) is 3.48. The van der Waals surface area contributed by atoms with E-state index >= 15 is 0 Å². The van der Waals surface area contributed by atoms with Crippen molar-refractivity contribution in [1.29, 1.82) is 0 Å². The number of hydrogen-bond donors (Lipinski definition) is 1. The van der Waals surface area contributed by atoms with Gasteiger partial charge in [0.2, 0.25) is 0 Å². The molecular weight excluding hydrogens is 171 g/mol. The Kier molecular flexibility index (Phi) is 2.34. The van der Waals surface area contributed by atoms with Crippen LogP contribution in [0.1, 0.15) is 12.8 Å². The van der Waals surface area contributed by atoms with Crippen LogP contribution in [0, 0.1) is 0 Å². The fourth-order valence-corrected chi connectivity index (χ4v) is 1.32. The molecule has 1 amide bonds. The number of carbonyl (C=O) groups excluding carboxylic acids is 1. The van der Waals surface area contributed by atoms with Crippen molar-refractivity contribution in [2.75, 3.05) is 13.1 Å². The van der Waals surface area contributed by atoms with Crippen LogP contribution in [0.3, 0.4) is 0 Å². The highest BCUT2D eigenvalue weighted by Gasteiger charge is 2.42. The minimum Gasteiger partial charge on any atom is -0.364 e. The molecule has 1 heterocycles. The van der Waals surface area contributed by atoms with Crippen molar-refractivity contribution in [1.82, 2.24) is 4.90 Å². The van der Waals surface area contributed by atoms with Crippen LogP contribution >= 0.6 is 11.6 Å².